The second-order valence-electron chi connectivity index (χ2n) is 5.49. The number of nitrogens with one attached hydrogen (secondary N) is 2. The van der Waals surface area contributed by atoms with Gasteiger partial charge in [0, 0.05) is 18.7 Å². The maximum absolute atomic E-state index is 13.2. The molecule has 2 aromatic carbocycles. The number of halogens is 2. The van der Waals surface area contributed by atoms with Crippen LogP contribution in [0.3, 0.4) is 0 Å². The lowest BCUT2D eigenvalue weighted by Crippen LogP contribution is -2.36. The molecule has 0 aliphatic rings. The van der Waals surface area contributed by atoms with Gasteiger partial charge in [-0.1, -0.05) is 24.3 Å². The Kier molecular flexibility index (Phi) is 9.26. The average molecular weight is 457 g/mol. The van der Waals surface area contributed by atoms with Gasteiger partial charge in [0.25, 0.3) is 0 Å². The predicted octanol–water partition coefficient (Wildman–Crippen LogP) is 4.02. The third kappa shape index (κ3) is 6.89. The molecule has 0 unspecified atom stereocenters. The minimum absolute atomic E-state index is 0. The minimum Gasteiger partial charge on any atom is -0.496 e. The summed E-state index contributed by atoms with van der Waals surface area (Å²) in [4.78, 5) is 4.50. The third-order valence-electron chi connectivity index (χ3n) is 3.54. The first kappa shape index (κ1) is 21.2. The Balaban J connectivity index is 0.00000312. The van der Waals surface area contributed by atoms with Crippen molar-refractivity contribution in [3.8, 4) is 5.75 Å². The topological polar surface area (TPSA) is 45.7 Å². The largest absolute Gasteiger partial charge is 0.496 e. The molecule has 2 rings (SSSR count). The van der Waals surface area contributed by atoms with Gasteiger partial charge in [-0.2, -0.15) is 0 Å². The molecule has 0 heterocycles. The Hall–Kier alpha value is -1.83. The van der Waals surface area contributed by atoms with Crippen molar-refractivity contribution in [1.29, 1.82) is 0 Å². The van der Waals surface area contributed by atoms with E-state index in [1.54, 1.807) is 13.2 Å². The lowest BCUT2D eigenvalue weighted by Gasteiger charge is -2.14. The summed E-state index contributed by atoms with van der Waals surface area (Å²) >= 11 is 0. The highest BCUT2D eigenvalue weighted by Crippen LogP contribution is 2.19. The molecular weight excluding hydrogens is 432 g/mol. The van der Waals surface area contributed by atoms with Crippen molar-refractivity contribution in [2.75, 3.05) is 13.7 Å². The normalized spacial score (nSPS) is 10.8. The van der Waals surface area contributed by atoms with E-state index in [1.165, 1.54) is 12.1 Å². The third-order valence-corrected chi connectivity index (χ3v) is 3.54. The zero-order valence-corrected chi connectivity index (χ0v) is 17.1. The molecule has 25 heavy (non-hydrogen) atoms. The average Bonchev–Trinajstić information content (AvgIpc) is 2.58. The van der Waals surface area contributed by atoms with E-state index in [0.717, 1.165) is 29.0 Å². The Morgan fingerprint density at radius 2 is 1.96 bits per heavy atom. The van der Waals surface area contributed by atoms with Crippen LogP contribution in [0.15, 0.2) is 47.5 Å². The summed E-state index contributed by atoms with van der Waals surface area (Å²) in [6, 6.07) is 12.6. The number of guanidine groups is 1. The molecule has 2 N–H and O–H groups in total. The van der Waals surface area contributed by atoms with Gasteiger partial charge in [0.15, 0.2) is 5.96 Å². The maximum atomic E-state index is 13.2. The van der Waals surface area contributed by atoms with E-state index in [0.29, 0.717) is 19.0 Å². The van der Waals surface area contributed by atoms with Gasteiger partial charge in [-0.3, -0.25) is 0 Å². The van der Waals surface area contributed by atoms with Crippen LogP contribution in [-0.4, -0.2) is 19.6 Å². The van der Waals surface area contributed by atoms with E-state index in [-0.39, 0.29) is 29.8 Å². The standard InChI is InChI=1S/C19H24FN3O.HI/c1-4-21-19(22-12-15-6-5-7-17(20)11-15)23-13-16-9-8-14(2)10-18(16)24-3;/h5-11H,4,12-13H2,1-3H3,(H2,21,22,23);1H. The summed E-state index contributed by atoms with van der Waals surface area (Å²) in [6.45, 7) is 5.80. The van der Waals surface area contributed by atoms with Crippen molar-refractivity contribution >= 4 is 29.9 Å². The Bertz CT molecular complexity index is 707. The lowest BCUT2D eigenvalue weighted by atomic mass is 10.1. The van der Waals surface area contributed by atoms with Crippen molar-refractivity contribution in [2.45, 2.75) is 26.9 Å². The smallest absolute Gasteiger partial charge is 0.191 e. The molecule has 0 atom stereocenters. The van der Waals surface area contributed by atoms with Crippen LogP contribution in [0.2, 0.25) is 0 Å². The second-order valence-corrected chi connectivity index (χ2v) is 5.49. The van der Waals surface area contributed by atoms with Gasteiger partial charge in [0.2, 0.25) is 0 Å². The molecule has 2 aromatic rings. The maximum Gasteiger partial charge on any atom is 0.191 e. The number of ether oxygens (including phenoxy) is 1. The number of methoxy groups -OCH3 is 1. The van der Waals surface area contributed by atoms with Gasteiger partial charge in [-0.15, -0.1) is 24.0 Å². The van der Waals surface area contributed by atoms with Crippen LogP contribution in [-0.2, 0) is 13.1 Å². The monoisotopic (exact) mass is 457 g/mol. The molecule has 0 spiro atoms. The fourth-order valence-electron chi connectivity index (χ4n) is 2.32. The minimum atomic E-state index is -0.245. The van der Waals surface area contributed by atoms with Crippen molar-refractivity contribution in [1.82, 2.24) is 10.6 Å². The number of benzene rings is 2. The van der Waals surface area contributed by atoms with Crippen LogP contribution in [0.25, 0.3) is 0 Å². The Morgan fingerprint density at radius 1 is 1.16 bits per heavy atom. The van der Waals surface area contributed by atoms with E-state index in [1.807, 2.05) is 32.0 Å². The van der Waals surface area contributed by atoms with Gasteiger partial charge in [-0.25, -0.2) is 9.38 Å². The fraction of sp³-hybridized carbons (Fsp3) is 0.316. The number of aliphatic imine (C=N–C) groups is 1. The summed E-state index contributed by atoms with van der Waals surface area (Å²) in [5.74, 6) is 1.29. The molecule has 0 amide bonds. The molecule has 4 nitrogen and oxygen atoms in total. The van der Waals surface area contributed by atoms with Crippen molar-refractivity contribution in [2.24, 2.45) is 4.99 Å². The zero-order chi connectivity index (χ0) is 17.4. The highest BCUT2D eigenvalue weighted by molar-refractivity contribution is 14.0. The van der Waals surface area contributed by atoms with Crippen molar-refractivity contribution in [3.63, 3.8) is 0 Å². The van der Waals surface area contributed by atoms with Crippen molar-refractivity contribution in [3.05, 3.63) is 65.0 Å². The molecule has 0 saturated heterocycles. The quantitative estimate of drug-likeness (QED) is 0.392. The molecule has 0 aliphatic carbocycles. The van der Waals surface area contributed by atoms with E-state index < -0.39 is 0 Å². The number of rotatable bonds is 6. The van der Waals surface area contributed by atoms with Gasteiger partial charge in [0.05, 0.1) is 13.7 Å². The summed E-state index contributed by atoms with van der Waals surface area (Å²) in [6.07, 6.45) is 0. The van der Waals surface area contributed by atoms with Crippen LogP contribution in [0, 0.1) is 12.7 Å². The van der Waals surface area contributed by atoms with E-state index in [2.05, 4.69) is 21.7 Å². The second kappa shape index (κ2) is 10.9. The molecular formula is C19H25FIN3O. The van der Waals surface area contributed by atoms with Gasteiger partial charge < -0.3 is 15.4 Å². The summed E-state index contributed by atoms with van der Waals surface area (Å²) < 4.78 is 18.7. The van der Waals surface area contributed by atoms with Gasteiger partial charge >= 0.3 is 0 Å². The summed E-state index contributed by atoms with van der Waals surface area (Å²) in [7, 11) is 1.67. The van der Waals surface area contributed by atoms with E-state index in [9.17, 15) is 4.39 Å². The van der Waals surface area contributed by atoms with Gasteiger partial charge in [0.1, 0.15) is 11.6 Å². The highest BCUT2D eigenvalue weighted by Gasteiger charge is 2.05. The van der Waals surface area contributed by atoms with Gasteiger partial charge in [-0.05, 0) is 43.2 Å². The van der Waals surface area contributed by atoms with Crippen LogP contribution < -0.4 is 15.4 Å². The number of hydrogen-bond acceptors (Lipinski definition) is 2. The highest BCUT2D eigenvalue weighted by atomic mass is 127. The zero-order valence-electron chi connectivity index (χ0n) is 14.8. The first-order valence-electron chi connectivity index (χ1n) is 8.02. The molecule has 136 valence electrons. The number of nitrogens with zero attached hydrogens (tertiary/aromatic N) is 1. The fourth-order valence-corrected chi connectivity index (χ4v) is 2.32. The molecule has 0 aliphatic heterocycles. The molecule has 0 radical (unpaired) electrons. The van der Waals surface area contributed by atoms with Crippen molar-refractivity contribution < 1.29 is 9.13 Å². The molecule has 0 saturated carbocycles. The molecule has 0 fully saturated rings. The van der Waals surface area contributed by atoms with Crippen LogP contribution in [0.1, 0.15) is 23.6 Å². The molecule has 0 aromatic heterocycles. The SMILES string of the molecule is CCNC(=NCc1cccc(F)c1)NCc1ccc(C)cc1OC.I. The predicted molar refractivity (Wildman–Crippen MR) is 111 cm³/mol. The van der Waals surface area contributed by atoms with Crippen LogP contribution in [0.5, 0.6) is 5.75 Å². The first-order chi connectivity index (χ1) is 11.6. The summed E-state index contributed by atoms with van der Waals surface area (Å²) in [5.41, 5.74) is 3.04. The number of aryl methyl sites for hydroxylation is 1. The molecule has 6 heteroatoms. The van der Waals surface area contributed by atoms with Crippen LogP contribution >= 0.6 is 24.0 Å². The Labute approximate surface area is 165 Å². The van der Waals surface area contributed by atoms with E-state index in [4.69, 9.17) is 4.74 Å². The molecule has 0 bridgehead atoms. The Morgan fingerprint density at radius 3 is 2.64 bits per heavy atom. The summed E-state index contributed by atoms with van der Waals surface area (Å²) in [5, 5.41) is 6.47. The lowest BCUT2D eigenvalue weighted by molar-refractivity contribution is 0.408. The van der Waals surface area contributed by atoms with Crippen LogP contribution in [0.4, 0.5) is 4.39 Å². The van der Waals surface area contributed by atoms with E-state index >= 15 is 0 Å². The first-order valence-corrected chi connectivity index (χ1v) is 8.02. The number of hydrogen-bond donors (Lipinski definition) is 2.